The normalized spacial score (nSPS) is 13.2. The molecule has 4 aliphatic rings. The van der Waals surface area contributed by atoms with Gasteiger partial charge in [0.2, 0.25) is 0 Å². The van der Waals surface area contributed by atoms with Gasteiger partial charge in [0, 0.05) is 33.4 Å². The van der Waals surface area contributed by atoms with E-state index in [0.717, 1.165) is 89.6 Å². The van der Waals surface area contributed by atoms with Gasteiger partial charge in [-0.3, -0.25) is 0 Å². The quantitative estimate of drug-likeness (QED) is 0.163. The highest BCUT2D eigenvalue weighted by atomic mass is 14.9. The van der Waals surface area contributed by atoms with Gasteiger partial charge in [0.05, 0.1) is 22.8 Å². The van der Waals surface area contributed by atoms with Crippen LogP contribution in [0, 0.1) is 0 Å². The predicted molar refractivity (Wildman–Crippen MR) is 301 cm³/mol. The third-order valence-electron chi connectivity index (χ3n) is 15.8. The number of hydrogen-bond donors (Lipinski definition) is 2. The Kier molecular flexibility index (Phi) is 9.31. The Morgan fingerprint density at radius 3 is 1.44 bits per heavy atom. The highest BCUT2D eigenvalue weighted by Crippen LogP contribution is 2.45. The van der Waals surface area contributed by atoms with E-state index in [1.54, 1.807) is 0 Å². The Morgan fingerprint density at radius 2 is 0.792 bits per heavy atom. The Labute approximate surface area is 417 Å². The predicted octanol–water partition coefficient (Wildman–Crippen LogP) is 17.6. The van der Waals surface area contributed by atoms with E-state index >= 15 is 0 Å². The van der Waals surface area contributed by atoms with Crippen LogP contribution in [-0.2, 0) is 25.7 Å². The van der Waals surface area contributed by atoms with Gasteiger partial charge in [-0.1, -0.05) is 188 Å². The van der Waals surface area contributed by atoms with Crippen LogP contribution in [0.3, 0.4) is 0 Å². The lowest BCUT2D eigenvalue weighted by Gasteiger charge is -2.15. The molecule has 4 aliphatic carbocycles. The van der Waals surface area contributed by atoms with Crippen LogP contribution in [0.5, 0.6) is 0 Å². The molecule has 2 N–H and O–H groups in total. The molecule has 18 rings (SSSR count). The molecular weight excluding hydrogens is 873 g/mol. The van der Waals surface area contributed by atoms with Gasteiger partial charge in [-0.2, -0.15) is 0 Å². The average molecular weight is 921 g/mol. The minimum absolute atomic E-state index is 0.909. The van der Waals surface area contributed by atoms with Crippen LogP contribution < -0.4 is 0 Å². The van der Waals surface area contributed by atoms with E-state index in [-0.39, 0.29) is 0 Å². The molecule has 2 heterocycles. The van der Waals surface area contributed by atoms with Crippen molar-refractivity contribution in [3.05, 3.63) is 229 Å². The second-order valence-corrected chi connectivity index (χ2v) is 20.0. The fraction of sp³-hybridized carbons (Fsp3) is 0.0882. The van der Waals surface area contributed by atoms with Crippen LogP contribution >= 0.6 is 0 Å². The molecule has 0 unspecified atom stereocenters. The van der Waals surface area contributed by atoms with E-state index in [1.165, 1.54) is 104 Å². The molecule has 2 aromatic heterocycles. The second-order valence-electron chi connectivity index (χ2n) is 20.0. The minimum Gasteiger partial charge on any atom is -0.337 e. The molecule has 0 fully saturated rings. The Hall–Kier alpha value is -8.86. The van der Waals surface area contributed by atoms with Crippen molar-refractivity contribution in [2.45, 2.75) is 38.5 Å². The Balaban J connectivity index is 0.832. The minimum atomic E-state index is 0.909. The molecule has 0 radical (unpaired) electrons. The van der Waals surface area contributed by atoms with Crippen molar-refractivity contribution in [3.63, 3.8) is 0 Å². The summed E-state index contributed by atoms with van der Waals surface area (Å²) in [5, 5.41) is 15.3. The zero-order valence-corrected chi connectivity index (χ0v) is 39.8. The lowest BCUT2D eigenvalue weighted by molar-refractivity contribution is 0.801. The first-order valence-corrected chi connectivity index (χ1v) is 25.6. The van der Waals surface area contributed by atoms with E-state index in [2.05, 4.69) is 216 Å². The molecule has 72 heavy (non-hydrogen) atoms. The van der Waals surface area contributed by atoms with Crippen LogP contribution in [-0.4, -0.2) is 19.9 Å². The number of H-pyrrole nitrogens is 2. The van der Waals surface area contributed by atoms with E-state index < -0.39 is 0 Å². The fourth-order valence-electron chi connectivity index (χ4n) is 12.3. The number of nitrogens with one attached hydrogen (secondary N) is 2. The van der Waals surface area contributed by atoms with Crippen LogP contribution in [0.2, 0.25) is 0 Å². The summed E-state index contributed by atoms with van der Waals surface area (Å²) in [4.78, 5) is 19.2. The van der Waals surface area contributed by atoms with Gasteiger partial charge in [-0.25, -0.2) is 9.97 Å². The first-order valence-electron chi connectivity index (χ1n) is 25.6. The molecule has 0 aliphatic heterocycles. The first-order chi connectivity index (χ1) is 35.7. The number of rotatable bonds is 6. The average Bonchev–Trinajstić information content (AvgIpc) is 4.09. The first kappa shape index (κ1) is 41.0. The van der Waals surface area contributed by atoms with Crippen LogP contribution in [0.4, 0.5) is 0 Å². The topological polar surface area (TPSA) is 57.4 Å². The molecule has 12 aromatic carbocycles. The number of benzene rings is 12. The van der Waals surface area contributed by atoms with Crippen molar-refractivity contribution < 1.29 is 0 Å². The van der Waals surface area contributed by atoms with Gasteiger partial charge in [0.1, 0.15) is 11.6 Å². The summed E-state index contributed by atoms with van der Waals surface area (Å²) in [7, 11) is 0. The zero-order valence-electron chi connectivity index (χ0n) is 39.8. The summed E-state index contributed by atoms with van der Waals surface area (Å²) in [6.45, 7) is 0. The molecule has 4 bridgehead atoms. The van der Waals surface area contributed by atoms with E-state index in [1.807, 2.05) is 0 Å². The molecule has 14 aromatic rings. The van der Waals surface area contributed by atoms with E-state index in [9.17, 15) is 0 Å². The molecule has 4 nitrogen and oxygen atoms in total. The number of aromatic amines is 2. The van der Waals surface area contributed by atoms with Gasteiger partial charge in [0.25, 0.3) is 0 Å². The van der Waals surface area contributed by atoms with Crippen molar-refractivity contribution in [2.75, 3.05) is 0 Å². The Morgan fingerprint density at radius 1 is 0.306 bits per heavy atom. The van der Waals surface area contributed by atoms with Crippen LogP contribution in [0.25, 0.3) is 132 Å². The lowest BCUT2D eigenvalue weighted by atomic mass is 9.89. The van der Waals surface area contributed by atoms with Crippen molar-refractivity contribution in [1.29, 1.82) is 0 Å². The summed E-state index contributed by atoms with van der Waals surface area (Å²) < 4.78 is 0. The number of imidazole rings is 2. The highest BCUT2D eigenvalue weighted by molar-refractivity contribution is 6.27. The molecule has 0 atom stereocenters. The molecule has 4 heteroatoms. The number of nitrogens with zero attached hydrogens (tertiary/aromatic N) is 2. The van der Waals surface area contributed by atoms with Crippen molar-refractivity contribution in [1.82, 2.24) is 19.9 Å². The zero-order chi connectivity index (χ0) is 47.3. The standard InChI is InChI=1S/C68H48N4/c1-3-14-50(15-4-1)63-65(55-37-35-49-33-31-45-20-9-21-47-34-36-54(55)62(49)59(45)47)71-67(69-63)56-38-41-12-7-13-42-27-29-44(19-8-18-43(56)28-26-41)57(39-42)68-70-64(51-16-5-2-6-17-51)66(72-68)58-40-52-24-10-22-46-30-32-48-23-11-25-53(58)61(48)60(46)52/h1-6,9-11,14-17,20-40H,7-8,12-13,18-19H2,(H,69,71)(H,70,72). The van der Waals surface area contributed by atoms with Crippen molar-refractivity contribution in [2.24, 2.45) is 0 Å². The third-order valence-corrected chi connectivity index (χ3v) is 15.8. The smallest absolute Gasteiger partial charge is 0.138 e. The molecule has 0 saturated heterocycles. The van der Waals surface area contributed by atoms with Gasteiger partial charge in [0.15, 0.2) is 0 Å². The highest BCUT2D eigenvalue weighted by Gasteiger charge is 2.24. The maximum atomic E-state index is 5.64. The number of aryl methyl sites for hydroxylation is 4. The third kappa shape index (κ3) is 6.59. The maximum Gasteiger partial charge on any atom is 0.138 e. The maximum absolute atomic E-state index is 5.64. The van der Waals surface area contributed by atoms with Crippen LogP contribution in [0.1, 0.15) is 35.1 Å². The SMILES string of the molecule is c1ccc(-c2nc(-c3cc4ccc3CCCc3ccc(cc3-c3nc(-c5ccc6ccc7cccc8ccc5c6c78)c(-c5ccccc5)[nH]3)CCC4)[nH]c2-c2cc3cccc4ccc5cccc2c5c43)cc1. The second kappa shape index (κ2) is 16.4. The van der Waals surface area contributed by atoms with Gasteiger partial charge in [-0.05, 0) is 144 Å². The molecular formula is C68H48N4. The lowest BCUT2D eigenvalue weighted by Crippen LogP contribution is -2.01. The Bertz CT molecular complexity index is 4370. The summed E-state index contributed by atoms with van der Waals surface area (Å²) in [6.07, 6.45) is 5.75. The molecule has 0 amide bonds. The summed E-state index contributed by atoms with van der Waals surface area (Å²) in [6, 6.07) is 76.3. The van der Waals surface area contributed by atoms with Gasteiger partial charge in [-0.15, -0.1) is 0 Å². The monoisotopic (exact) mass is 920 g/mol. The van der Waals surface area contributed by atoms with Crippen molar-refractivity contribution >= 4 is 64.6 Å². The van der Waals surface area contributed by atoms with Gasteiger partial charge >= 0.3 is 0 Å². The largest absolute Gasteiger partial charge is 0.337 e. The molecule has 0 saturated carbocycles. The summed E-state index contributed by atoms with van der Waals surface area (Å²) in [5.74, 6) is 1.84. The van der Waals surface area contributed by atoms with Gasteiger partial charge < -0.3 is 9.97 Å². The molecule has 0 spiro atoms. The van der Waals surface area contributed by atoms with Crippen LogP contribution in [0.15, 0.2) is 206 Å². The van der Waals surface area contributed by atoms with Crippen molar-refractivity contribution in [3.8, 4) is 67.8 Å². The summed E-state index contributed by atoms with van der Waals surface area (Å²) in [5.41, 5.74) is 16.3. The molecule has 340 valence electrons. The van der Waals surface area contributed by atoms with E-state index in [0.29, 0.717) is 0 Å². The summed E-state index contributed by atoms with van der Waals surface area (Å²) >= 11 is 0. The van der Waals surface area contributed by atoms with E-state index in [4.69, 9.17) is 9.97 Å². The fourth-order valence-corrected chi connectivity index (χ4v) is 12.3. The number of hydrogen-bond acceptors (Lipinski definition) is 2. The number of aromatic nitrogens is 4.